The van der Waals surface area contributed by atoms with Crippen molar-refractivity contribution in [3.8, 4) is 0 Å². The monoisotopic (exact) mass is 424 g/mol. The van der Waals surface area contributed by atoms with Gasteiger partial charge in [-0.05, 0) is 6.07 Å². The average molecular weight is 424 g/mol. The van der Waals surface area contributed by atoms with Crippen LogP contribution in [0.3, 0.4) is 0 Å². The number of aliphatic hydroxyl groups excluding tert-OH is 2. The molecule has 0 radical (unpaired) electrons. The number of carboxylic acids is 1. The molecule has 13 nitrogen and oxygen atoms in total. The minimum atomic E-state index is -4.74. The summed E-state index contributed by atoms with van der Waals surface area (Å²) in [6.45, 7) is -1.72. The molecule has 5 atom stereocenters. The molecule has 0 amide bonds. The number of rotatable bonds is 7. The van der Waals surface area contributed by atoms with Gasteiger partial charge in [-0.3, -0.25) is 14.2 Å². The molecule has 1 saturated heterocycles. The van der Waals surface area contributed by atoms with E-state index in [2.05, 4.69) is 9.51 Å². The van der Waals surface area contributed by atoms with E-state index in [9.17, 15) is 34.4 Å². The van der Waals surface area contributed by atoms with Gasteiger partial charge in [-0.25, -0.2) is 4.79 Å². The van der Waals surface area contributed by atoms with Crippen molar-refractivity contribution in [2.75, 3.05) is 18.9 Å². The van der Waals surface area contributed by atoms with Crippen LogP contribution in [0.25, 0.3) is 0 Å². The molecular weight excluding hydrogens is 409 g/mol. The summed E-state index contributed by atoms with van der Waals surface area (Å²) in [5, 5.41) is 31.7. The minimum absolute atomic E-state index is 0. The first-order valence-electron chi connectivity index (χ1n) is 6.87. The van der Waals surface area contributed by atoms with Crippen molar-refractivity contribution >= 4 is 19.5 Å². The molecule has 1 aliphatic rings. The molecule has 1 fully saturated rings. The molecule has 1 aromatic heterocycles. The van der Waals surface area contributed by atoms with Crippen molar-refractivity contribution < 1.29 is 97.9 Å². The number of hydrogen-bond acceptors (Lipinski definition) is 11. The summed E-state index contributed by atoms with van der Waals surface area (Å²) < 4.78 is 22.1. The molecule has 0 aromatic carbocycles. The Bertz CT molecular complexity index is 751. The zero-order chi connectivity index (χ0) is 18.8. The summed E-state index contributed by atoms with van der Waals surface area (Å²) >= 11 is 0. The van der Waals surface area contributed by atoms with Gasteiger partial charge in [0.05, 0.1) is 12.6 Å². The molecular formula is C11H15N4Na2O9P. The normalized spacial score (nSPS) is 26.5. The van der Waals surface area contributed by atoms with Gasteiger partial charge in [0.2, 0.25) is 7.75 Å². The molecule has 5 N–H and O–H groups in total. The van der Waals surface area contributed by atoms with E-state index in [1.54, 1.807) is 5.09 Å². The van der Waals surface area contributed by atoms with Gasteiger partial charge in [0.15, 0.2) is 6.23 Å². The predicted molar refractivity (Wildman–Crippen MR) is 75.4 cm³/mol. The standard InChI is InChI=1S/C11H17N4O9P.2Na/c12-6-1-2-15(11(20)14-6)10-9(19)8(18)5(24-10)4-23-25(21,22)13-3-7(16)17;;/h1-2,5,8-10,18-19H,3-4H2,(H,16,17)(H2,12,14,20)(H2,13,21,22);;/q;2*+1/p-2/t5-,8-,9-,10-;;/m1../s1. The molecule has 2 heterocycles. The molecule has 0 aliphatic carbocycles. The van der Waals surface area contributed by atoms with E-state index < -0.39 is 57.1 Å². The Balaban J connectivity index is 0.00000338. The summed E-state index contributed by atoms with van der Waals surface area (Å²) in [7, 11) is -4.74. The molecule has 1 aromatic rings. The number of carbonyl (C=O) groups excluding carboxylic acids is 1. The number of ether oxygens (including phenoxy) is 1. The maximum Gasteiger partial charge on any atom is 1.00 e. The number of carbonyl (C=O) groups is 1. The fraction of sp³-hybridized carbons (Fsp3) is 0.545. The van der Waals surface area contributed by atoms with Crippen LogP contribution < -0.4 is 85.6 Å². The maximum atomic E-state index is 11.8. The number of aliphatic hydroxyl groups is 2. The number of nitrogens with zero attached hydrogens (tertiary/aromatic N) is 2. The Labute approximate surface area is 197 Å². The first-order valence-corrected chi connectivity index (χ1v) is 8.42. The number of aliphatic carboxylic acids is 1. The third-order valence-corrected chi connectivity index (χ3v) is 4.32. The van der Waals surface area contributed by atoms with Crippen LogP contribution in [0.2, 0.25) is 0 Å². The van der Waals surface area contributed by atoms with Gasteiger partial charge < -0.3 is 40.0 Å². The molecule has 0 spiro atoms. The molecule has 1 unspecified atom stereocenters. The zero-order valence-electron chi connectivity index (χ0n) is 14.5. The van der Waals surface area contributed by atoms with E-state index in [0.717, 1.165) is 4.57 Å². The summed E-state index contributed by atoms with van der Waals surface area (Å²) in [4.78, 5) is 36.9. The number of hydrogen-bond donors (Lipinski definition) is 4. The van der Waals surface area contributed by atoms with Gasteiger partial charge in [-0.1, -0.05) is 0 Å². The Morgan fingerprint density at radius 2 is 2.07 bits per heavy atom. The third-order valence-electron chi connectivity index (χ3n) is 3.29. The topological polar surface area (TPSA) is 212 Å². The SMILES string of the molecule is Nc1ccn([C@@H]2O[C@H](COP(=O)([O-])NCC(=O)[O-])[C@@H](O)[C@H]2O)c(=O)n1.[Na+].[Na+]. The van der Waals surface area contributed by atoms with Crippen molar-refractivity contribution in [3.05, 3.63) is 22.7 Å². The van der Waals surface area contributed by atoms with E-state index in [0.29, 0.717) is 0 Å². The predicted octanol–water partition coefficient (Wildman–Crippen LogP) is -10.7. The summed E-state index contributed by atoms with van der Waals surface area (Å²) in [6.07, 6.45) is -4.61. The average Bonchev–Trinajstić information content (AvgIpc) is 2.80. The summed E-state index contributed by atoms with van der Waals surface area (Å²) in [6, 6.07) is 1.27. The molecule has 16 heteroatoms. The first-order chi connectivity index (χ1) is 11.6. The molecule has 2 rings (SSSR count). The number of carboxylic acid groups (broad SMARTS) is 1. The fourth-order valence-corrected chi connectivity index (χ4v) is 2.85. The first kappa shape index (κ1) is 27.1. The van der Waals surface area contributed by atoms with Crippen LogP contribution >= 0.6 is 7.75 Å². The Kier molecular flexibility index (Phi) is 11.4. The number of nitrogens with two attached hydrogens (primary N) is 1. The summed E-state index contributed by atoms with van der Waals surface area (Å²) in [5.41, 5.74) is 4.50. The number of anilines is 1. The molecule has 1 aliphatic heterocycles. The van der Waals surface area contributed by atoms with Gasteiger partial charge in [0.25, 0.3) is 0 Å². The van der Waals surface area contributed by atoms with E-state index >= 15 is 0 Å². The molecule has 0 saturated carbocycles. The van der Waals surface area contributed by atoms with Gasteiger partial charge in [0, 0.05) is 12.7 Å². The third kappa shape index (κ3) is 7.48. The molecule has 0 bridgehead atoms. The van der Waals surface area contributed by atoms with Crippen LogP contribution in [0, 0.1) is 0 Å². The smallest absolute Gasteiger partial charge is 0.766 e. The van der Waals surface area contributed by atoms with E-state index in [1.165, 1.54) is 12.3 Å². The maximum absolute atomic E-state index is 11.8. The number of aromatic nitrogens is 2. The van der Waals surface area contributed by atoms with E-state index in [1.807, 2.05) is 0 Å². The minimum Gasteiger partial charge on any atom is -0.766 e. The zero-order valence-corrected chi connectivity index (χ0v) is 19.4. The van der Waals surface area contributed by atoms with Gasteiger partial charge in [-0.2, -0.15) is 4.98 Å². The van der Waals surface area contributed by atoms with Crippen LogP contribution in [0.5, 0.6) is 0 Å². The second kappa shape index (κ2) is 11.4. The second-order valence-corrected chi connectivity index (χ2v) is 6.66. The number of nitrogen functional groups attached to an aromatic ring is 1. The van der Waals surface area contributed by atoms with E-state index in [-0.39, 0.29) is 64.9 Å². The summed E-state index contributed by atoms with van der Waals surface area (Å²) in [5.74, 6) is -1.72. The van der Waals surface area contributed by atoms with Crippen LogP contribution in [-0.2, 0) is 18.6 Å². The van der Waals surface area contributed by atoms with Crippen LogP contribution in [-0.4, -0.2) is 57.2 Å². The Morgan fingerprint density at radius 3 is 2.63 bits per heavy atom. The van der Waals surface area contributed by atoms with Gasteiger partial charge in [-0.15, -0.1) is 0 Å². The Hall–Kier alpha value is 0.140. The van der Waals surface area contributed by atoms with Crippen molar-refractivity contribution in [2.45, 2.75) is 24.5 Å². The van der Waals surface area contributed by atoms with E-state index in [4.69, 9.17) is 10.5 Å². The quantitative estimate of drug-likeness (QED) is 0.237. The second-order valence-electron chi connectivity index (χ2n) is 5.09. The van der Waals surface area contributed by atoms with Gasteiger partial charge in [0.1, 0.15) is 24.1 Å². The molecule has 27 heavy (non-hydrogen) atoms. The van der Waals surface area contributed by atoms with Crippen LogP contribution in [0.4, 0.5) is 5.82 Å². The van der Waals surface area contributed by atoms with Crippen molar-refractivity contribution in [1.29, 1.82) is 0 Å². The van der Waals surface area contributed by atoms with Crippen molar-refractivity contribution in [2.24, 2.45) is 0 Å². The number of nitrogens with one attached hydrogen (secondary N) is 1. The van der Waals surface area contributed by atoms with Crippen LogP contribution in [0.15, 0.2) is 17.1 Å². The molecule has 140 valence electrons. The Morgan fingerprint density at radius 1 is 1.44 bits per heavy atom. The largest absolute Gasteiger partial charge is 1.00 e. The van der Waals surface area contributed by atoms with Crippen LogP contribution in [0.1, 0.15) is 6.23 Å². The fourth-order valence-electron chi connectivity index (χ4n) is 2.09. The van der Waals surface area contributed by atoms with Crippen molar-refractivity contribution in [3.63, 3.8) is 0 Å². The van der Waals surface area contributed by atoms with Crippen molar-refractivity contribution in [1.82, 2.24) is 14.6 Å². The van der Waals surface area contributed by atoms with Gasteiger partial charge >= 0.3 is 64.8 Å².